The third-order valence-electron chi connectivity index (χ3n) is 2.09. The molecule has 14 heavy (non-hydrogen) atoms. The second-order valence-electron chi connectivity index (χ2n) is 3.87. The van der Waals surface area contributed by atoms with E-state index in [1.165, 1.54) is 12.1 Å². The van der Waals surface area contributed by atoms with Gasteiger partial charge in [0.1, 0.15) is 11.6 Å². The van der Waals surface area contributed by atoms with Crippen molar-refractivity contribution in [1.29, 1.82) is 0 Å². The molecule has 0 amide bonds. The van der Waals surface area contributed by atoms with Crippen LogP contribution in [0.4, 0.5) is 8.78 Å². The van der Waals surface area contributed by atoms with Gasteiger partial charge < -0.3 is 4.90 Å². The molecule has 0 aromatic heterocycles. The van der Waals surface area contributed by atoms with Crippen LogP contribution in [0.2, 0.25) is 0 Å². The lowest BCUT2D eigenvalue weighted by molar-refractivity contribution is 0.382. The maximum Gasteiger partial charge on any atom is 0.126 e. The number of hydrogen-bond donors (Lipinski definition) is 0. The molecular formula is C11H15F2N. The Balaban J connectivity index is 2.84. The first-order chi connectivity index (χ1) is 6.49. The lowest BCUT2D eigenvalue weighted by atomic mass is 10.0. The van der Waals surface area contributed by atoms with Crippen molar-refractivity contribution < 1.29 is 8.78 Å². The van der Waals surface area contributed by atoms with Gasteiger partial charge in [0.25, 0.3) is 0 Å². The number of hydrogen-bond acceptors (Lipinski definition) is 1. The van der Waals surface area contributed by atoms with E-state index in [0.29, 0.717) is 5.56 Å². The van der Waals surface area contributed by atoms with Crippen molar-refractivity contribution in [2.24, 2.45) is 0 Å². The summed E-state index contributed by atoms with van der Waals surface area (Å²) < 4.78 is 25.7. The minimum Gasteiger partial charge on any atom is -0.309 e. The molecule has 0 aliphatic rings. The van der Waals surface area contributed by atoms with E-state index in [1.807, 2.05) is 25.9 Å². The Morgan fingerprint density at radius 2 is 1.64 bits per heavy atom. The smallest absolute Gasteiger partial charge is 0.126 e. The third-order valence-corrected chi connectivity index (χ3v) is 2.09. The van der Waals surface area contributed by atoms with Gasteiger partial charge in [-0.05, 0) is 37.7 Å². The Labute approximate surface area is 83.3 Å². The van der Waals surface area contributed by atoms with E-state index < -0.39 is 11.6 Å². The predicted octanol–water partition coefficient (Wildman–Crippen LogP) is 2.63. The van der Waals surface area contributed by atoms with E-state index in [1.54, 1.807) is 0 Å². The minimum absolute atomic E-state index is 0.134. The summed E-state index contributed by atoms with van der Waals surface area (Å²) in [4.78, 5) is 1.99. The largest absolute Gasteiger partial charge is 0.309 e. The summed E-state index contributed by atoms with van der Waals surface area (Å²) in [5.41, 5.74) is 0.705. The van der Waals surface area contributed by atoms with Gasteiger partial charge in [0.2, 0.25) is 0 Å². The molecule has 0 heterocycles. The fraction of sp³-hybridized carbons (Fsp3) is 0.455. The van der Waals surface area contributed by atoms with Crippen LogP contribution in [0.5, 0.6) is 0 Å². The Hall–Kier alpha value is -0.960. The van der Waals surface area contributed by atoms with Gasteiger partial charge in [-0.15, -0.1) is 0 Å². The highest BCUT2D eigenvalue weighted by atomic mass is 19.1. The Morgan fingerprint density at radius 3 is 2.07 bits per heavy atom. The summed E-state index contributed by atoms with van der Waals surface area (Å²) >= 11 is 0. The zero-order valence-corrected chi connectivity index (χ0v) is 8.72. The summed E-state index contributed by atoms with van der Waals surface area (Å²) in [6.45, 7) is 2.73. The summed E-state index contributed by atoms with van der Waals surface area (Å²) in [6.07, 6.45) is 0. The van der Waals surface area contributed by atoms with Gasteiger partial charge >= 0.3 is 0 Å². The zero-order valence-electron chi connectivity index (χ0n) is 8.72. The van der Waals surface area contributed by atoms with Crippen LogP contribution < -0.4 is 0 Å². The summed E-state index contributed by atoms with van der Waals surface area (Å²) in [5.74, 6) is -0.883. The van der Waals surface area contributed by atoms with E-state index in [2.05, 4.69) is 0 Å². The lowest BCUT2D eigenvalue weighted by Gasteiger charge is -2.17. The van der Waals surface area contributed by atoms with Crippen molar-refractivity contribution in [1.82, 2.24) is 4.90 Å². The van der Waals surface area contributed by atoms with Crippen molar-refractivity contribution in [3.05, 3.63) is 35.4 Å². The number of rotatable bonds is 3. The van der Waals surface area contributed by atoms with E-state index >= 15 is 0 Å². The summed E-state index contributed by atoms with van der Waals surface area (Å²) in [5, 5.41) is 0. The van der Waals surface area contributed by atoms with E-state index in [0.717, 1.165) is 12.6 Å². The SMILES string of the molecule is CC(CN(C)C)c1cc(F)cc(F)c1. The van der Waals surface area contributed by atoms with Gasteiger partial charge in [0.15, 0.2) is 0 Å². The highest BCUT2D eigenvalue weighted by Gasteiger charge is 2.09. The van der Waals surface area contributed by atoms with Crippen LogP contribution in [0.25, 0.3) is 0 Å². The molecule has 1 unspecified atom stereocenters. The van der Waals surface area contributed by atoms with E-state index in [9.17, 15) is 8.78 Å². The molecule has 0 fully saturated rings. The molecular weight excluding hydrogens is 184 g/mol. The maximum atomic E-state index is 12.9. The molecule has 78 valence electrons. The molecule has 0 aliphatic heterocycles. The van der Waals surface area contributed by atoms with Crippen LogP contribution in [0, 0.1) is 11.6 Å². The first kappa shape index (κ1) is 11.1. The second-order valence-corrected chi connectivity index (χ2v) is 3.87. The standard InChI is InChI=1S/C11H15F2N/c1-8(7-14(2)3)9-4-10(12)6-11(13)5-9/h4-6,8H,7H2,1-3H3. The predicted molar refractivity (Wildman–Crippen MR) is 53.3 cm³/mol. The van der Waals surface area contributed by atoms with Crippen LogP contribution in [-0.2, 0) is 0 Å². The maximum absolute atomic E-state index is 12.9. The molecule has 3 heteroatoms. The van der Waals surface area contributed by atoms with E-state index in [-0.39, 0.29) is 5.92 Å². The molecule has 0 N–H and O–H groups in total. The Morgan fingerprint density at radius 1 is 1.14 bits per heavy atom. The van der Waals surface area contributed by atoms with Gasteiger partial charge in [0.05, 0.1) is 0 Å². The first-order valence-corrected chi connectivity index (χ1v) is 4.59. The minimum atomic E-state index is -0.509. The van der Waals surface area contributed by atoms with Crippen molar-refractivity contribution in [3.8, 4) is 0 Å². The normalized spacial score (nSPS) is 13.3. The fourth-order valence-electron chi connectivity index (χ4n) is 1.51. The molecule has 1 atom stereocenters. The van der Waals surface area contributed by atoms with Gasteiger partial charge in [-0.25, -0.2) is 8.78 Å². The van der Waals surface area contributed by atoms with Gasteiger partial charge in [-0.2, -0.15) is 0 Å². The Bertz CT molecular complexity index is 290. The van der Waals surface area contributed by atoms with Gasteiger partial charge in [-0.3, -0.25) is 0 Å². The van der Waals surface area contributed by atoms with Crippen LogP contribution in [0.1, 0.15) is 18.4 Å². The molecule has 0 spiro atoms. The van der Waals surface area contributed by atoms with Crippen molar-refractivity contribution >= 4 is 0 Å². The van der Waals surface area contributed by atoms with Gasteiger partial charge in [-0.1, -0.05) is 6.92 Å². The summed E-state index contributed by atoms with van der Waals surface area (Å²) in [7, 11) is 3.87. The number of benzene rings is 1. The van der Waals surface area contributed by atoms with Gasteiger partial charge in [0, 0.05) is 12.6 Å². The molecule has 0 aliphatic carbocycles. The molecule has 0 bridgehead atoms. The van der Waals surface area contributed by atoms with Crippen LogP contribution in [0.3, 0.4) is 0 Å². The molecule has 1 nitrogen and oxygen atoms in total. The topological polar surface area (TPSA) is 3.24 Å². The quantitative estimate of drug-likeness (QED) is 0.723. The average molecular weight is 199 g/mol. The van der Waals surface area contributed by atoms with Crippen LogP contribution in [0.15, 0.2) is 18.2 Å². The fourth-order valence-corrected chi connectivity index (χ4v) is 1.51. The van der Waals surface area contributed by atoms with Crippen molar-refractivity contribution in [3.63, 3.8) is 0 Å². The van der Waals surface area contributed by atoms with Crippen molar-refractivity contribution in [2.75, 3.05) is 20.6 Å². The third kappa shape index (κ3) is 3.07. The number of likely N-dealkylation sites (N-methyl/N-ethyl adjacent to an activating group) is 1. The molecule has 0 saturated heterocycles. The molecule has 1 rings (SSSR count). The van der Waals surface area contributed by atoms with Crippen LogP contribution in [-0.4, -0.2) is 25.5 Å². The molecule has 0 saturated carbocycles. The monoisotopic (exact) mass is 199 g/mol. The molecule has 1 aromatic carbocycles. The number of halogens is 2. The van der Waals surface area contributed by atoms with E-state index in [4.69, 9.17) is 0 Å². The van der Waals surface area contributed by atoms with Crippen LogP contribution >= 0.6 is 0 Å². The highest BCUT2D eigenvalue weighted by Crippen LogP contribution is 2.18. The first-order valence-electron chi connectivity index (χ1n) is 4.59. The second kappa shape index (κ2) is 4.51. The van der Waals surface area contributed by atoms with Crippen molar-refractivity contribution in [2.45, 2.75) is 12.8 Å². The number of nitrogens with zero attached hydrogens (tertiary/aromatic N) is 1. The zero-order chi connectivity index (χ0) is 10.7. The average Bonchev–Trinajstić information content (AvgIpc) is 2.00. The molecule has 0 radical (unpaired) electrons. The highest BCUT2D eigenvalue weighted by molar-refractivity contribution is 5.21. The molecule has 1 aromatic rings. The lowest BCUT2D eigenvalue weighted by Crippen LogP contribution is -2.18. The summed E-state index contributed by atoms with van der Waals surface area (Å²) in [6, 6.07) is 3.67. The Kier molecular flexibility index (Phi) is 3.58.